The largest absolute Gasteiger partial charge is 0.573 e. The van der Waals surface area contributed by atoms with Gasteiger partial charge in [-0.1, -0.05) is 12.1 Å². The van der Waals surface area contributed by atoms with Gasteiger partial charge in [0.15, 0.2) is 0 Å². The smallest absolute Gasteiger partial charge is 0.457 e. The Morgan fingerprint density at radius 3 is 1.72 bits per heavy atom. The molecule has 0 atom stereocenters. The van der Waals surface area contributed by atoms with Crippen LogP contribution in [0, 0.1) is 0 Å². The van der Waals surface area contributed by atoms with Gasteiger partial charge in [-0.15, -0.1) is 13.2 Å². The summed E-state index contributed by atoms with van der Waals surface area (Å²) in [5, 5.41) is 2.31. The molecule has 6 nitrogen and oxygen atoms in total. The lowest BCUT2D eigenvalue weighted by Crippen LogP contribution is -2.31. The van der Waals surface area contributed by atoms with Gasteiger partial charge in [-0.2, -0.15) is 13.2 Å². The zero-order valence-electron chi connectivity index (χ0n) is 18.0. The monoisotopic (exact) mass is 510 g/mol. The SMILES string of the molecule is NC(=O)C(=Cc1ccc(OC(F)(F)F)cc1)NC(=O)c1ccc(Oc2ccc(C(F)(F)F)cc2)cc1. The zero-order valence-corrected chi connectivity index (χ0v) is 18.0. The fourth-order valence-electron chi connectivity index (χ4n) is 2.82. The number of hydrogen-bond acceptors (Lipinski definition) is 4. The highest BCUT2D eigenvalue weighted by Gasteiger charge is 2.31. The number of benzene rings is 3. The number of nitrogens with one attached hydrogen (secondary N) is 1. The topological polar surface area (TPSA) is 90.7 Å². The number of halogens is 6. The van der Waals surface area contributed by atoms with E-state index in [0.29, 0.717) is 0 Å². The number of alkyl halides is 6. The molecule has 3 aromatic carbocycles. The summed E-state index contributed by atoms with van der Waals surface area (Å²) in [5.41, 5.74) is 4.49. The van der Waals surface area contributed by atoms with Crippen molar-refractivity contribution in [1.29, 1.82) is 0 Å². The van der Waals surface area contributed by atoms with Gasteiger partial charge in [-0.3, -0.25) is 9.59 Å². The molecule has 0 aliphatic carbocycles. The Bertz CT molecular complexity index is 1250. The average molecular weight is 510 g/mol. The molecule has 0 fully saturated rings. The van der Waals surface area contributed by atoms with Crippen molar-refractivity contribution in [3.63, 3.8) is 0 Å². The van der Waals surface area contributed by atoms with Crippen molar-refractivity contribution in [2.45, 2.75) is 12.5 Å². The molecular weight excluding hydrogens is 494 g/mol. The van der Waals surface area contributed by atoms with Crippen LogP contribution in [0.5, 0.6) is 17.2 Å². The van der Waals surface area contributed by atoms with E-state index in [1.807, 2.05) is 0 Å². The molecule has 3 rings (SSSR count). The van der Waals surface area contributed by atoms with E-state index in [-0.39, 0.29) is 28.3 Å². The first-order valence-electron chi connectivity index (χ1n) is 9.94. The van der Waals surface area contributed by atoms with Crippen LogP contribution in [-0.4, -0.2) is 18.2 Å². The van der Waals surface area contributed by atoms with Gasteiger partial charge in [0.1, 0.15) is 22.9 Å². The van der Waals surface area contributed by atoms with Gasteiger partial charge in [-0.05, 0) is 72.3 Å². The minimum atomic E-state index is -4.86. The molecule has 36 heavy (non-hydrogen) atoms. The molecule has 0 aromatic heterocycles. The molecule has 0 saturated carbocycles. The number of hydrogen-bond donors (Lipinski definition) is 2. The highest BCUT2D eigenvalue weighted by atomic mass is 19.4. The molecule has 0 heterocycles. The maximum atomic E-state index is 12.6. The van der Waals surface area contributed by atoms with E-state index in [9.17, 15) is 35.9 Å². The third-order valence-corrected chi connectivity index (χ3v) is 4.47. The van der Waals surface area contributed by atoms with E-state index >= 15 is 0 Å². The molecule has 188 valence electrons. The van der Waals surface area contributed by atoms with Crippen molar-refractivity contribution in [3.8, 4) is 17.2 Å². The molecule has 0 saturated heterocycles. The normalized spacial score (nSPS) is 12.1. The highest BCUT2D eigenvalue weighted by molar-refractivity contribution is 6.04. The second-order valence-corrected chi connectivity index (χ2v) is 7.14. The Labute approximate surface area is 199 Å². The molecule has 0 aliphatic heterocycles. The van der Waals surface area contributed by atoms with Crippen LogP contribution in [0.25, 0.3) is 6.08 Å². The summed E-state index contributed by atoms with van der Waals surface area (Å²) < 4.78 is 83.9. The molecular formula is C24H16F6N2O4. The molecule has 0 bridgehead atoms. The predicted octanol–water partition coefficient (Wildman–Crippen LogP) is 5.65. The first kappa shape index (κ1) is 26.1. The fourth-order valence-corrected chi connectivity index (χ4v) is 2.82. The quantitative estimate of drug-likeness (QED) is 0.318. The van der Waals surface area contributed by atoms with E-state index in [2.05, 4.69) is 10.1 Å². The van der Waals surface area contributed by atoms with Crippen LogP contribution < -0.4 is 20.5 Å². The van der Waals surface area contributed by atoms with Crippen LogP contribution in [0.15, 0.2) is 78.5 Å². The van der Waals surface area contributed by atoms with Crippen LogP contribution in [0.4, 0.5) is 26.3 Å². The lowest BCUT2D eigenvalue weighted by molar-refractivity contribution is -0.274. The summed E-state index contributed by atoms with van der Waals surface area (Å²) >= 11 is 0. The Morgan fingerprint density at radius 1 is 0.750 bits per heavy atom. The minimum absolute atomic E-state index is 0.0934. The van der Waals surface area contributed by atoms with Gasteiger partial charge in [0.25, 0.3) is 11.8 Å². The zero-order chi connectivity index (χ0) is 26.5. The van der Waals surface area contributed by atoms with Gasteiger partial charge in [-0.25, -0.2) is 0 Å². The Balaban J connectivity index is 1.67. The molecule has 2 amide bonds. The second kappa shape index (κ2) is 10.4. The van der Waals surface area contributed by atoms with Crippen LogP contribution in [0.3, 0.4) is 0 Å². The molecule has 0 unspecified atom stereocenters. The summed E-state index contributed by atoms with van der Waals surface area (Å²) in [6.45, 7) is 0. The number of primary amides is 1. The van der Waals surface area contributed by atoms with Gasteiger partial charge >= 0.3 is 12.5 Å². The van der Waals surface area contributed by atoms with Gasteiger partial charge < -0.3 is 20.5 Å². The highest BCUT2D eigenvalue weighted by Crippen LogP contribution is 2.31. The Morgan fingerprint density at radius 2 is 1.25 bits per heavy atom. The first-order chi connectivity index (χ1) is 16.8. The van der Waals surface area contributed by atoms with Crippen LogP contribution in [0.1, 0.15) is 21.5 Å². The number of amides is 2. The van der Waals surface area contributed by atoms with Crippen LogP contribution >= 0.6 is 0 Å². The van der Waals surface area contributed by atoms with Gasteiger partial charge in [0, 0.05) is 5.56 Å². The van der Waals surface area contributed by atoms with Crippen molar-refractivity contribution in [3.05, 3.63) is 95.2 Å². The maximum absolute atomic E-state index is 12.6. The molecule has 3 N–H and O–H groups in total. The maximum Gasteiger partial charge on any atom is 0.573 e. The molecule has 12 heteroatoms. The van der Waals surface area contributed by atoms with Crippen molar-refractivity contribution in [2.24, 2.45) is 5.73 Å². The summed E-state index contributed by atoms with van der Waals surface area (Å²) in [5.74, 6) is -1.81. The summed E-state index contributed by atoms with van der Waals surface area (Å²) in [6.07, 6.45) is -8.17. The van der Waals surface area contributed by atoms with Crippen molar-refractivity contribution in [2.75, 3.05) is 0 Å². The van der Waals surface area contributed by atoms with Crippen LogP contribution in [0.2, 0.25) is 0 Å². The number of nitrogens with two attached hydrogens (primary N) is 1. The summed E-state index contributed by atoms with van der Waals surface area (Å²) in [6, 6.07) is 14.0. The number of rotatable bonds is 7. The molecule has 0 radical (unpaired) electrons. The van der Waals surface area contributed by atoms with E-state index in [4.69, 9.17) is 10.5 Å². The second-order valence-electron chi connectivity index (χ2n) is 7.14. The minimum Gasteiger partial charge on any atom is -0.457 e. The lowest BCUT2D eigenvalue weighted by atomic mass is 10.1. The van der Waals surface area contributed by atoms with Gasteiger partial charge in [0.05, 0.1) is 5.56 Å². The van der Waals surface area contributed by atoms with Crippen molar-refractivity contribution in [1.82, 2.24) is 5.32 Å². The van der Waals surface area contributed by atoms with E-state index in [1.165, 1.54) is 42.5 Å². The third kappa shape index (κ3) is 7.52. The number of ether oxygens (including phenoxy) is 2. The summed E-state index contributed by atoms with van der Waals surface area (Å²) in [4.78, 5) is 24.3. The van der Waals surface area contributed by atoms with E-state index < -0.39 is 35.7 Å². The third-order valence-electron chi connectivity index (χ3n) is 4.47. The van der Waals surface area contributed by atoms with Crippen molar-refractivity contribution >= 4 is 17.9 Å². The predicted molar refractivity (Wildman–Crippen MR) is 116 cm³/mol. The van der Waals surface area contributed by atoms with Crippen LogP contribution in [-0.2, 0) is 11.0 Å². The standard InChI is InChI=1S/C24H16F6N2O4/c25-23(26,27)16-5-11-18(12-6-16)35-17-9-3-15(4-10-17)22(34)32-20(21(31)33)13-14-1-7-19(8-2-14)36-24(28,29)30/h1-13H,(H2,31,33)(H,32,34). The van der Waals surface area contributed by atoms with E-state index in [1.54, 1.807) is 0 Å². The Hall–Kier alpha value is -4.48. The first-order valence-corrected chi connectivity index (χ1v) is 9.94. The van der Waals surface area contributed by atoms with Crippen molar-refractivity contribution < 1.29 is 45.4 Å². The average Bonchev–Trinajstić information content (AvgIpc) is 2.79. The molecule has 0 spiro atoms. The number of carbonyl (C=O) groups excluding carboxylic acids is 2. The lowest BCUT2D eigenvalue weighted by Gasteiger charge is -2.10. The molecule has 3 aromatic rings. The van der Waals surface area contributed by atoms with E-state index in [0.717, 1.165) is 36.4 Å². The molecule has 0 aliphatic rings. The Kier molecular flexibility index (Phi) is 7.56. The van der Waals surface area contributed by atoms with Gasteiger partial charge in [0.2, 0.25) is 0 Å². The fraction of sp³-hybridized carbons (Fsp3) is 0.0833. The summed E-state index contributed by atoms with van der Waals surface area (Å²) in [7, 11) is 0. The number of carbonyl (C=O) groups is 2.